The van der Waals surface area contributed by atoms with Crippen molar-refractivity contribution in [3.05, 3.63) is 11.6 Å². The molecule has 1 nitrogen and oxygen atoms in total. The van der Waals surface area contributed by atoms with Crippen LogP contribution in [0.1, 0.15) is 46.0 Å². The molecule has 1 aliphatic carbocycles. The molecule has 1 aliphatic rings. The fourth-order valence-electron chi connectivity index (χ4n) is 2.41. The molecule has 0 aromatic carbocycles. The fourth-order valence-corrected chi connectivity index (χ4v) is 2.41. The lowest BCUT2D eigenvalue weighted by Gasteiger charge is -2.25. The van der Waals surface area contributed by atoms with Crippen molar-refractivity contribution in [1.82, 2.24) is 0 Å². The average Bonchev–Trinajstić information content (AvgIpc) is 2.04. The molecule has 0 aromatic heterocycles. The molecule has 1 saturated carbocycles. The van der Waals surface area contributed by atoms with Crippen LogP contribution in [0.15, 0.2) is 11.6 Å². The molecular weight excluding hydrogens is 158 g/mol. The van der Waals surface area contributed by atoms with E-state index >= 15 is 0 Å². The summed E-state index contributed by atoms with van der Waals surface area (Å²) in [7, 11) is 0. The zero-order valence-electron chi connectivity index (χ0n) is 9.05. The van der Waals surface area contributed by atoms with Crippen LogP contribution in [-0.2, 0) is 0 Å². The molecule has 1 heteroatoms. The van der Waals surface area contributed by atoms with Crippen molar-refractivity contribution in [2.45, 2.75) is 46.0 Å². The Balaban J connectivity index is 2.37. The van der Waals surface area contributed by atoms with Gasteiger partial charge in [-0.25, -0.2) is 0 Å². The van der Waals surface area contributed by atoms with E-state index in [2.05, 4.69) is 19.9 Å². The number of rotatable bonds is 3. The molecule has 0 aliphatic heterocycles. The lowest BCUT2D eigenvalue weighted by atomic mass is 9.81. The predicted molar refractivity (Wildman–Crippen MR) is 58.6 cm³/mol. The molecule has 0 aromatic rings. The second-order valence-electron chi connectivity index (χ2n) is 4.69. The van der Waals surface area contributed by atoms with Crippen molar-refractivity contribution < 1.29 is 0 Å². The molecule has 1 fully saturated rings. The average molecular weight is 181 g/mol. The Morgan fingerprint density at radius 1 is 1.54 bits per heavy atom. The minimum absolute atomic E-state index is 0.726. The number of hydrogen-bond donors (Lipinski definition) is 1. The lowest BCUT2D eigenvalue weighted by molar-refractivity contribution is 0.346. The van der Waals surface area contributed by atoms with Crippen LogP contribution in [0, 0.1) is 11.8 Å². The van der Waals surface area contributed by atoms with Crippen molar-refractivity contribution in [2.75, 3.05) is 6.54 Å². The minimum Gasteiger partial charge on any atom is -0.327 e. The molecular formula is C12H23N. The molecule has 1 unspecified atom stereocenters. The van der Waals surface area contributed by atoms with E-state index in [0.717, 1.165) is 18.4 Å². The normalized spacial score (nSPS) is 27.1. The quantitative estimate of drug-likeness (QED) is 0.665. The summed E-state index contributed by atoms with van der Waals surface area (Å²) in [5.74, 6) is 1.79. The van der Waals surface area contributed by atoms with Gasteiger partial charge in [0.15, 0.2) is 0 Å². The van der Waals surface area contributed by atoms with Crippen LogP contribution >= 0.6 is 0 Å². The molecule has 0 spiro atoms. The highest BCUT2D eigenvalue weighted by atomic mass is 14.5. The molecule has 1 atom stereocenters. The third kappa shape index (κ3) is 3.95. The zero-order chi connectivity index (χ0) is 9.68. The molecule has 0 amide bonds. The summed E-state index contributed by atoms with van der Waals surface area (Å²) in [6.07, 6.45) is 9.04. The van der Waals surface area contributed by atoms with Crippen molar-refractivity contribution >= 4 is 0 Å². The van der Waals surface area contributed by atoms with Crippen molar-refractivity contribution in [3.63, 3.8) is 0 Å². The molecule has 0 bridgehead atoms. The first-order valence-corrected chi connectivity index (χ1v) is 5.60. The van der Waals surface area contributed by atoms with Gasteiger partial charge in [0.2, 0.25) is 0 Å². The van der Waals surface area contributed by atoms with Crippen LogP contribution in [0.5, 0.6) is 0 Å². The van der Waals surface area contributed by atoms with Crippen molar-refractivity contribution in [2.24, 2.45) is 17.6 Å². The summed E-state index contributed by atoms with van der Waals surface area (Å²) < 4.78 is 0. The number of hydrogen-bond acceptors (Lipinski definition) is 1. The maximum Gasteiger partial charge on any atom is 0.0109 e. The highest BCUT2D eigenvalue weighted by Crippen LogP contribution is 2.32. The molecule has 76 valence electrons. The van der Waals surface area contributed by atoms with Gasteiger partial charge in [0, 0.05) is 6.54 Å². The summed E-state index contributed by atoms with van der Waals surface area (Å²) in [6, 6.07) is 0. The van der Waals surface area contributed by atoms with E-state index in [1.54, 1.807) is 5.57 Å². The first kappa shape index (κ1) is 10.8. The van der Waals surface area contributed by atoms with Gasteiger partial charge in [-0.05, 0) is 43.9 Å². The first-order chi connectivity index (χ1) is 6.22. The summed E-state index contributed by atoms with van der Waals surface area (Å²) in [6.45, 7) is 5.37. The minimum atomic E-state index is 0.726. The summed E-state index contributed by atoms with van der Waals surface area (Å²) in [5.41, 5.74) is 7.14. The molecule has 0 radical (unpaired) electrons. The smallest absolute Gasteiger partial charge is 0.0109 e. The highest BCUT2D eigenvalue weighted by Gasteiger charge is 2.17. The van der Waals surface area contributed by atoms with E-state index in [0.29, 0.717) is 0 Å². The van der Waals surface area contributed by atoms with Gasteiger partial charge in [0.25, 0.3) is 0 Å². The molecule has 1 rings (SSSR count). The van der Waals surface area contributed by atoms with Crippen molar-refractivity contribution in [1.29, 1.82) is 0 Å². The maximum atomic E-state index is 5.53. The van der Waals surface area contributed by atoms with Crippen LogP contribution in [0.4, 0.5) is 0 Å². The number of allylic oxidation sites excluding steroid dienone is 1. The van der Waals surface area contributed by atoms with E-state index in [1.165, 1.54) is 32.1 Å². The summed E-state index contributed by atoms with van der Waals surface area (Å²) >= 11 is 0. The Hall–Kier alpha value is -0.300. The lowest BCUT2D eigenvalue weighted by Crippen LogP contribution is -2.12. The Labute approximate surface area is 82.4 Å². The molecule has 2 N–H and O–H groups in total. The van der Waals surface area contributed by atoms with Gasteiger partial charge in [-0.15, -0.1) is 0 Å². The van der Waals surface area contributed by atoms with E-state index in [-0.39, 0.29) is 0 Å². The topological polar surface area (TPSA) is 26.0 Å². The molecule has 0 heterocycles. The third-order valence-corrected chi connectivity index (χ3v) is 2.87. The van der Waals surface area contributed by atoms with Crippen LogP contribution in [0.25, 0.3) is 0 Å². The summed E-state index contributed by atoms with van der Waals surface area (Å²) in [5, 5.41) is 0. The summed E-state index contributed by atoms with van der Waals surface area (Å²) in [4.78, 5) is 0. The second kappa shape index (κ2) is 5.43. The van der Waals surface area contributed by atoms with Crippen LogP contribution in [0.3, 0.4) is 0 Å². The van der Waals surface area contributed by atoms with E-state index in [1.807, 2.05) is 0 Å². The van der Waals surface area contributed by atoms with Crippen LogP contribution < -0.4 is 5.73 Å². The van der Waals surface area contributed by atoms with Crippen LogP contribution in [0.2, 0.25) is 0 Å². The Morgan fingerprint density at radius 3 is 2.92 bits per heavy atom. The monoisotopic (exact) mass is 181 g/mol. The van der Waals surface area contributed by atoms with E-state index in [4.69, 9.17) is 5.73 Å². The predicted octanol–water partition coefficient (Wildman–Crippen LogP) is 3.11. The van der Waals surface area contributed by atoms with E-state index in [9.17, 15) is 0 Å². The second-order valence-corrected chi connectivity index (χ2v) is 4.69. The standard InChI is InChI=1S/C12H23N/c1-10(2)8-12-5-3-4-11(9-12)6-7-13/h6,10,12H,3-5,7-9,13H2,1-2H3. The molecule has 13 heavy (non-hydrogen) atoms. The molecule has 0 saturated heterocycles. The maximum absolute atomic E-state index is 5.53. The SMILES string of the molecule is CC(C)CC1CCCC(=CCN)C1. The third-order valence-electron chi connectivity index (χ3n) is 2.87. The van der Waals surface area contributed by atoms with E-state index < -0.39 is 0 Å². The highest BCUT2D eigenvalue weighted by molar-refractivity contribution is 5.06. The van der Waals surface area contributed by atoms with Gasteiger partial charge < -0.3 is 5.73 Å². The van der Waals surface area contributed by atoms with Gasteiger partial charge in [0.1, 0.15) is 0 Å². The Bertz CT molecular complexity index is 170. The van der Waals surface area contributed by atoms with Gasteiger partial charge in [-0.2, -0.15) is 0 Å². The van der Waals surface area contributed by atoms with Gasteiger partial charge in [-0.3, -0.25) is 0 Å². The van der Waals surface area contributed by atoms with Gasteiger partial charge in [0.05, 0.1) is 0 Å². The van der Waals surface area contributed by atoms with Gasteiger partial charge >= 0.3 is 0 Å². The Kier molecular flexibility index (Phi) is 4.51. The van der Waals surface area contributed by atoms with Crippen LogP contribution in [-0.4, -0.2) is 6.54 Å². The zero-order valence-corrected chi connectivity index (χ0v) is 9.05. The first-order valence-electron chi connectivity index (χ1n) is 5.60. The Morgan fingerprint density at radius 2 is 2.31 bits per heavy atom. The number of nitrogens with two attached hydrogens (primary N) is 1. The van der Waals surface area contributed by atoms with Gasteiger partial charge in [-0.1, -0.05) is 25.5 Å². The fraction of sp³-hybridized carbons (Fsp3) is 0.833. The largest absolute Gasteiger partial charge is 0.327 e. The van der Waals surface area contributed by atoms with Crippen molar-refractivity contribution in [3.8, 4) is 0 Å².